The molecule has 0 saturated carbocycles. The number of nitrogens with two attached hydrogens (primary N) is 1. The summed E-state index contributed by atoms with van der Waals surface area (Å²) < 4.78 is 0. The van der Waals surface area contributed by atoms with Gasteiger partial charge < -0.3 is 16.0 Å². The third kappa shape index (κ3) is 3.95. The molecule has 1 rings (SSSR count). The molecule has 0 bridgehead atoms. The van der Waals surface area contributed by atoms with E-state index in [0.29, 0.717) is 12.2 Å². The Balaban J connectivity index is 2.57. The number of nitrogens with zero attached hydrogens (tertiary/aromatic N) is 1. The number of para-hydroxylation sites is 2. The van der Waals surface area contributed by atoms with Crippen molar-refractivity contribution < 1.29 is 4.79 Å². The summed E-state index contributed by atoms with van der Waals surface area (Å²) in [6.45, 7) is 4.48. The zero-order valence-corrected chi connectivity index (χ0v) is 11.4. The lowest BCUT2D eigenvalue weighted by atomic mass is 10.2. The summed E-state index contributed by atoms with van der Waals surface area (Å²) in [7, 11) is 1.87. The standard InChI is InChI=1S/C14H23N3O/c1-4-11(5-2)16-14(18)10-17(3)13-9-7-6-8-12(13)15/h6-9,11H,4-5,10,15H2,1-3H3,(H,16,18). The van der Waals surface area contributed by atoms with E-state index in [1.807, 2.05) is 36.2 Å². The Bertz CT molecular complexity index is 388. The van der Waals surface area contributed by atoms with Crippen LogP contribution in [0.25, 0.3) is 0 Å². The van der Waals surface area contributed by atoms with E-state index in [-0.39, 0.29) is 11.9 Å². The molecule has 0 spiro atoms. The molecule has 0 saturated heterocycles. The van der Waals surface area contributed by atoms with Crippen LogP contribution in [0.2, 0.25) is 0 Å². The lowest BCUT2D eigenvalue weighted by Crippen LogP contribution is -2.40. The molecule has 4 heteroatoms. The lowest BCUT2D eigenvalue weighted by molar-refractivity contribution is -0.120. The van der Waals surface area contributed by atoms with Gasteiger partial charge in [0.05, 0.1) is 17.9 Å². The van der Waals surface area contributed by atoms with Gasteiger partial charge in [-0.15, -0.1) is 0 Å². The number of nitrogen functional groups attached to an aromatic ring is 1. The van der Waals surface area contributed by atoms with Crippen LogP contribution in [0.15, 0.2) is 24.3 Å². The Morgan fingerprint density at radius 3 is 2.50 bits per heavy atom. The normalized spacial score (nSPS) is 10.4. The molecule has 1 amide bonds. The molecule has 0 fully saturated rings. The van der Waals surface area contributed by atoms with Crippen molar-refractivity contribution in [2.75, 3.05) is 24.2 Å². The van der Waals surface area contributed by atoms with E-state index in [9.17, 15) is 4.79 Å². The number of hydrogen-bond acceptors (Lipinski definition) is 3. The lowest BCUT2D eigenvalue weighted by Gasteiger charge is -2.22. The Kier molecular flexibility index (Phi) is 5.49. The third-order valence-corrected chi connectivity index (χ3v) is 3.08. The van der Waals surface area contributed by atoms with E-state index in [1.165, 1.54) is 0 Å². The Morgan fingerprint density at radius 2 is 1.94 bits per heavy atom. The predicted molar refractivity (Wildman–Crippen MR) is 76.6 cm³/mol. The highest BCUT2D eigenvalue weighted by molar-refractivity contribution is 5.83. The predicted octanol–water partition coefficient (Wildman–Crippen LogP) is 2.01. The quantitative estimate of drug-likeness (QED) is 0.758. The smallest absolute Gasteiger partial charge is 0.239 e. The van der Waals surface area contributed by atoms with Crippen LogP contribution in [0.3, 0.4) is 0 Å². The number of benzene rings is 1. The van der Waals surface area contributed by atoms with Crippen molar-refractivity contribution in [1.82, 2.24) is 5.32 Å². The van der Waals surface area contributed by atoms with Gasteiger partial charge in [-0.05, 0) is 25.0 Å². The van der Waals surface area contributed by atoms with E-state index < -0.39 is 0 Å². The van der Waals surface area contributed by atoms with E-state index >= 15 is 0 Å². The highest BCUT2D eigenvalue weighted by Crippen LogP contribution is 2.20. The highest BCUT2D eigenvalue weighted by atomic mass is 16.2. The molecule has 0 heterocycles. The molecule has 0 unspecified atom stereocenters. The monoisotopic (exact) mass is 249 g/mol. The largest absolute Gasteiger partial charge is 0.397 e. The fourth-order valence-electron chi connectivity index (χ4n) is 1.90. The van der Waals surface area contributed by atoms with Crippen LogP contribution < -0.4 is 16.0 Å². The number of carbonyl (C=O) groups excluding carboxylic acids is 1. The van der Waals surface area contributed by atoms with Crippen molar-refractivity contribution in [1.29, 1.82) is 0 Å². The minimum atomic E-state index is 0.0365. The van der Waals surface area contributed by atoms with Gasteiger partial charge in [-0.3, -0.25) is 4.79 Å². The van der Waals surface area contributed by atoms with Gasteiger partial charge in [0.2, 0.25) is 5.91 Å². The van der Waals surface area contributed by atoms with E-state index in [0.717, 1.165) is 18.5 Å². The number of anilines is 2. The van der Waals surface area contributed by atoms with Gasteiger partial charge in [0.1, 0.15) is 0 Å². The van der Waals surface area contributed by atoms with Crippen LogP contribution in [0, 0.1) is 0 Å². The Hall–Kier alpha value is -1.71. The maximum absolute atomic E-state index is 11.9. The summed E-state index contributed by atoms with van der Waals surface area (Å²) in [5.74, 6) is 0.0365. The molecule has 0 radical (unpaired) electrons. The summed E-state index contributed by atoms with van der Waals surface area (Å²) in [6, 6.07) is 7.82. The van der Waals surface area contributed by atoms with Crippen molar-refractivity contribution in [3.63, 3.8) is 0 Å². The van der Waals surface area contributed by atoms with E-state index in [1.54, 1.807) is 0 Å². The average molecular weight is 249 g/mol. The molecule has 100 valence electrons. The van der Waals surface area contributed by atoms with E-state index in [2.05, 4.69) is 19.2 Å². The second-order valence-electron chi connectivity index (χ2n) is 4.50. The summed E-state index contributed by atoms with van der Waals surface area (Å²) in [6.07, 6.45) is 1.92. The molecule has 0 aliphatic carbocycles. The first-order valence-corrected chi connectivity index (χ1v) is 6.43. The van der Waals surface area contributed by atoms with Gasteiger partial charge in [-0.1, -0.05) is 26.0 Å². The van der Waals surface area contributed by atoms with Crippen molar-refractivity contribution in [2.24, 2.45) is 0 Å². The van der Waals surface area contributed by atoms with Crippen LogP contribution in [0.1, 0.15) is 26.7 Å². The first-order chi connectivity index (χ1) is 8.58. The fraction of sp³-hybridized carbons (Fsp3) is 0.500. The second kappa shape index (κ2) is 6.89. The molecular weight excluding hydrogens is 226 g/mol. The molecule has 1 aromatic carbocycles. The van der Waals surface area contributed by atoms with Gasteiger partial charge >= 0.3 is 0 Å². The number of hydrogen-bond donors (Lipinski definition) is 2. The zero-order chi connectivity index (χ0) is 13.5. The van der Waals surface area contributed by atoms with Gasteiger partial charge in [0.25, 0.3) is 0 Å². The molecule has 3 N–H and O–H groups in total. The van der Waals surface area contributed by atoms with Gasteiger partial charge in [0, 0.05) is 13.1 Å². The molecule has 4 nitrogen and oxygen atoms in total. The topological polar surface area (TPSA) is 58.4 Å². The van der Waals surface area contributed by atoms with Gasteiger partial charge in [-0.2, -0.15) is 0 Å². The zero-order valence-electron chi connectivity index (χ0n) is 11.4. The molecule has 0 aliphatic rings. The van der Waals surface area contributed by atoms with Crippen molar-refractivity contribution in [3.05, 3.63) is 24.3 Å². The maximum Gasteiger partial charge on any atom is 0.239 e. The van der Waals surface area contributed by atoms with Crippen LogP contribution in [0.5, 0.6) is 0 Å². The SMILES string of the molecule is CCC(CC)NC(=O)CN(C)c1ccccc1N. The summed E-state index contributed by atoms with van der Waals surface area (Å²) in [5, 5.41) is 3.02. The van der Waals surface area contributed by atoms with Gasteiger partial charge in [0.15, 0.2) is 0 Å². The van der Waals surface area contributed by atoms with E-state index in [4.69, 9.17) is 5.73 Å². The minimum Gasteiger partial charge on any atom is -0.397 e. The van der Waals surface area contributed by atoms with Crippen LogP contribution >= 0.6 is 0 Å². The summed E-state index contributed by atoms with van der Waals surface area (Å²) >= 11 is 0. The highest BCUT2D eigenvalue weighted by Gasteiger charge is 2.12. The number of carbonyl (C=O) groups is 1. The fourth-order valence-corrected chi connectivity index (χ4v) is 1.90. The van der Waals surface area contributed by atoms with Crippen molar-refractivity contribution in [3.8, 4) is 0 Å². The summed E-state index contributed by atoms with van der Waals surface area (Å²) in [5.41, 5.74) is 7.45. The maximum atomic E-state index is 11.9. The number of nitrogens with one attached hydrogen (secondary N) is 1. The van der Waals surface area contributed by atoms with Crippen molar-refractivity contribution >= 4 is 17.3 Å². The van der Waals surface area contributed by atoms with Crippen LogP contribution in [0.4, 0.5) is 11.4 Å². The molecule has 0 atom stereocenters. The molecule has 0 aromatic heterocycles. The minimum absolute atomic E-state index is 0.0365. The number of amides is 1. The average Bonchev–Trinajstić information content (AvgIpc) is 2.36. The van der Waals surface area contributed by atoms with Crippen LogP contribution in [-0.2, 0) is 4.79 Å². The van der Waals surface area contributed by atoms with Gasteiger partial charge in [-0.25, -0.2) is 0 Å². The van der Waals surface area contributed by atoms with Crippen LogP contribution in [-0.4, -0.2) is 25.5 Å². The molecular formula is C14H23N3O. The second-order valence-corrected chi connectivity index (χ2v) is 4.50. The Labute approximate surface area is 109 Å². The number of rotatable bonds is 6. The molecule has 0 aliphatic heterocycles. The van der Waals surface area contributed by atoms with Crippen molar-refractivity contribution in [2.45, 2.75) is 32.7 Å². The number of likely N-dealkylation sites (N-methyl/N-ethyl adjacent to an activating group) is 1. The molecule has 1 aromatic rings. The first kappa shape index (κ1) is 14.4. The third-order valence-electron chi connectivity index (χ3n) is 3.08. The molecule has 18 heavy (non-hydrogen) atoms. The Morgan fingerprint density at radius 1 is 1.33 bits per heavy atom. The summed E-state index contributed by atoms with van der Waals surface area (Å²) in [4.78, 5) is 13.7. The first-order valence-electron chi connectivity index (χ1n) is 6.43.